The van der Waals surface area contributed by atoms with Gasteiger partial charge < -0.3 is 16.6 Å². The van der Waals surface area contributed by atoms with Gasteiger partial charge in [0, 0.05) is 19.0 Å². The van der Waals surface area contributed by atoms with Crippen molar-refractivity contribution in [2.24, 2.45) is 17.4 Å². The van der Waals surface area contributed by atoms with Crippen molar-refractivity contribution >= 4 is 5.78 Å². The summed E-state index contributed by atoms with van der Waals surface area (Å²) in [6.07, 6.45) is 0. The molecule has 0 spiro atoms. The van der Waals surface area contributed by atoms with Crippen LogP contribution in [-0.4, -0.2) is 29.6 Å². The van der Waals surface area contributed by atoms with Crippen LogP contribution >= 0.6 is 0 Å². The van der Waals surface area contributed by atoms with Crippen molar-refractivity contribution in [2.75, 3.05) is 13.1 Å². The van der Waals surface area contributed by atoms with E-state index in [-0.39, 0.29) is 24.8 Å². The number of rotatable bonds is 4. The highest BCUT2D eigenvalue weighted by atomic mass is 16.3. The van der Waals surface area contributed by atoms with E-state index in [2.05, 4.69) is 0 Å². The number of hydrogen-bond acceptors (Lipinski definition) is 4. The second kappa shape index (κ2) is 3.80. The van der Waals surface area contributed by atoms with Gasteiger partial charge in [-0.15, -0.1) is 0 Å². The highest BCUT2D eigenvalue weighted by molar-refractivity contribution is 5.89. The Morgan fingerprint density at radius 2 is 1.82 bits per heavy atom. The van der Waals surface area contributed by atoms with Crippen molar-refractivity contribution in [1.29, 1.82) is 0 Å². The molecule has 4 heteroatoms. The first-order chi connectivity index (χ1) is 4.98. The molecule has 0 aliphatic heterocycles. The molecular formula is C7H16N2O2. The first kappa shape index (κ1) is 10.6. The van der Waals surface area contributed by atoms with Crippen molar-refractivity contribution in [3.63, 3.8) is 0 Å². The highest BCUT2D eigenvalue weighted by Gasteiger charge is 2.33. The van der Waals surface area contributed by atoms with E-state index in [0.717, 1.165) is 0 Å². The van der Waals surface area contributed by atoms with Gasteiger partial charge in [-0.25, -0.2) is 0 Å². The highest BCUT2D eigenvalue weighted by Crippen LogP contribution is 2.09. The molecule has 0 aliphatic rings. The van der Waals surface area contributed by atoms with Crippen LogP contribution in [-0.2, 0) is 4.79 Å². The summed E-state index contributed by atoms with van der Waals surface area (Å²) in [4.78, 5) is 11.2. The fourth-order valence-corrected chi connectivity index (χ4v) is 0.822. The normalized spacial score (nSPS) is 12.2. The monoisotopic (exact) mass is 160 g/mol. The molecule has 5 N–H and O–H groups in total. The van der Waals surface area contributed by atoms with Crippen LogP contribution in [0.2, 0.25) is 0 Å². The largest absolute Gasteiger partial charge is 0.379 e. The maximum atomic E-state index is 11.2. The predicted octanol–water partition coefficient (Wildman–Crippen LogP) is -1.14. The first-order valence-corrected chi connectivity index (χ1v) is 3.64. The molecule has 0 aliphatic carbocycles. The molecule has 0 heterocycles. The predicted molar refractivity (Wildman–Crippen MR) is 42.9 cm³/mol. The summed E-state index contributed by atoms with van der Waals surface area (Å²) in [5.74, 6) is -0.519. The zero-order valence-corrected chi connectivity index (χ0v) is 7.00. The zero-order valence-electron chi connectivity index (χ0n) is 7.00. The SMILES string of the molecule is CC(C)C(=O)C(O)(CN)CN. The number of carbonyl (C=O) groups excluding carboxylic acids is 1. The summed E-state index contributed by atoms with van der Waals surface area (Å²) < 4.78 is 0. The molecule has 0 amide bonds. The molecule has 0 aromatic heterocycles. The van der Waals surface area contributed by atoms with E-state index in [1.54, 1.807) is 13.8 Å². The molecule has 0 fully saturated rings. The third-order valence-corrected chi connectivity index (χ3v) is 1.66. The summed E-state index contributed by atoms with van der Waals surface area (Å²) >= 11 is 0. The smallest absolute Gasteiger partial charge is 0.169 e. The van der Waals surface area contributed by atoms with Gasteiger partial charge in [0.2, 0.25) is 0 Å². The van der Waals surface area contributed by atoms with E-state index < -0.39 is 5.60 Å². The molecule has 66 valence electrons. The minimum atomic E-state index is -1.52. The van der Waals surface area contributed by atoms with Gasteiger partial charge >= 0.3 is 0 Å². The number of Topliss-reactive ketones (excluding diaryl/α,β-unsaturated/α-hetero) is 1. The molecule has 0 unspecified atom stereocenters. The zero-order chi connectivity index (χ0) is 9.07. The van der Waals surface area contributed by atoms with E-state index in [1.807, 2.05) is 0 Å². The average Bonchev–Trinajstić information content (AvgIpc) is 2.01. The van der Waals surface area contributed by atoms with Crippen LogP contribution in [0.1, 0.15) is 13.8 Å². The van der Waals surface area contributed by atoms with Gasteiger partial charge in [0.25, 0.3) is 0 Å². The second-order valence-electron chi connectivity index (χ2n) is 2.96. The summed E-state index contributed by atoms with van der Waals surface area (Å²) in [6, 6.07) is 0. The molecule has 0 aromatic carbocycles. The van der Waals surface area contributed by atoms with E-state index in [0.29, 0.717) is 0 Å². The van der Waals surface area contributed by atoms with Gasteiger partial charge in [0.1, 0.15) is 5.60 Å². The molecule has 0 saturated heterocycles. The fourth-order valence-electron chi connectivity index (χ4n) is 0.822. The van der Waals surface area contributed by atoms with Gasteiger partial charge in [0.05, 0.1) is 0 Å². The van der Waals surface area contributed by atoms with Crippen LogP contribution in [0.25, 0.3) is 0 Å². The van der Waals surface area contributed by atoms with Gasteiger partial charge in [-0.2, -0.15) is 0 Å². The fraction of sp³-hybridized carbons (Fsp3) is 0.857. The van der Waals surface area contributed by atoms with E-state index in [9.17, 15) is 9.90 Å². The Bertz CT molecular complexity index is 141. The molecule has 4 nitrogen and oxygen atoms in total. The Kier molecular flexibility index (Phi) is 3.65. The Morgan fingerprint density at radius 1 is 1.45 bits per heavy atom. The van der Waals surface area contributed by atoms with E-state index in [4.69, 9.17) is 11.5 Å². The number of nitrogens with two attached hydrogens (primary N) is 2. The van der Waals surface area contributed by atoms with Gasteiger partial charge in [-0.1, -0.05) is 13.8 Å². The van der Waals surface area contributed by atoms with Crippen LogP contribution in [0.15, 0.2) is 0 Å². The number of ketones is 1. The molecule has 0 rings (SSSR count). The topological polar surface area (TPSA) is 89.3 Å². The van der Waals surface area contributed by atoms with Crippen LogP contribution in [0, 0.1) is 5.92 Å². The van der Waals surface area contributed by atoms with Crippen molar-refractivity contribution in [1.82, 2.24) is 0 Å². The number of aliphatic hydroxyl groups is 1. The van der Waals surface area contributed by atoms with Crippen molar-refractivity contribution in [2.45, 2.75) is 19.4 Å². The molecular weight excluding hydrogens is 144 g/mol. The lowest BCUT2D eigenvalue weighted by atomic mass is 9.91. The minimum Gasteiger partial charge on any atom is -0.379 e. The van der Waals surface area contributed by atoms with Crippen LogP contribution in [0.3, 0.4) is 0 Å². The lowest BCUT2D eigenvalue weighted by Crippen LogP contribution is -2.53. The molecule has 0 bridgehead atoms. The Labute approximate surface area is 66.6 Å². The average molecular weight is 160 g/mol. The third kappa shape index (κ3) is 2.25. The summed E-state index contributed by atoms with van der Waals surface area (Å²) in [5.41, 5.74) is 8.89. The quantitative estimate of drug-likeness (QED) is 0.485. The summed E-state index contributed by atoms with van der Waals surface area (Å²) in [6.45, 7) is 3.19. The maximum Gasteiger partial charge on any atom is 0.169 e. The van der Waals surface area contributed by atoms with Crippen molar-refractivity contribution in [3.05, 3.63) is 0 Å². The summed E-state index contributed by atoms with van der Waals surface area (Å²) in [5, 5.41) is 9.47. The van der Waals surface area contributed by atoms with Crippen molar-refractivity contribution < 1.29 is 9.90 Å². The number of carbonyl (C=O) groups is 1. The molecule has 0 atom stereocenters. The summed E-state index contributed by atoms with van der Waals surface area (Å²) in [7, 11) is 0. The van der Waals surface area contributed by atoms with Gasteiger partial charge in [-0.05, 0) is 0 Å². The minimum absolute atomic E-state index is 0.111. The van der Waals surface area contributed by atoms with Crippen molar-refractivity contribution in [3.8, 4) is 0 Å². The van der Waals surface area contributed by atoms with E-state index >= 15 is 0 Å². The molecule has 0 saturated carbocycles. The van der Waals surface area contributed by atoms with E-state index in [1.165, 1.54) is 0 Å². The third-order valence-electron chi connectivity index (χ3n) is 1.66. The first-order valence-electron chi connectivity index (χ1n) is 3.64. The molecule has 11 heavy (non-hydrogen) atoms. The molecule has 0 aromatic rings. The Hall–Kier alpha value is -0.450. The van der Waals surface area contributed by atoms with Crippen LogP contribution in [0.4, 0.5) is 0 Å². The lowest BCUT2D eigenvalue weighted by molar-refractivity contribution is -0.138. The Morgan fingerprint density at radius 3 is 1.91 bits per heavy atom. The maximum absolute atomic E-state index is 11.2. The lowest BCUT2D eigenvalue weighted by Gasteiger charge is -2.24. The number of hydrogen-bond donors (Lipinski definition) is 3. The Balaban J connectivity index is 4.37. The van der Waals surface area contributed by atoms with Crippen LogP contribution in [0.5, 0.6) is 0 Å². The standard InChI is InChI=1S/C7H16N2O2/c1-5(2)6(10)7(11,3-8)4-9/h5,11H,3-4,8-9H2,1-2H3. The van der Waals surface area contributed by atoms with Gasteiger partial charge in [-0.3, -0.25) is 4.79 Å². The van der Waals surface area contributed by atoms with Gasteiger partial charge in [0.15, 0.2) is 5.78 Å². The second-order valence-corrected chi connectivity index (χ2v) is 2.96. The van der Waals surface area contributed by atoms with Crippen LogP contribution < -0.4 is 11.5 Å². The molecule has 0 radical (unpaired) electrons.